The number of benzene rings is 1. The zero-order valence-electron chi connectivity index (χ0n) is 16.4. The van der Waals surface area contributed by atoms with Crippen LogP contribution < -0.4 is 0 Å². The number of hydrogen-bond donors (Lipinski definition) is 1. The summed E-state index contributed by atoms with van der Waals surface area (Å²) < 4.78 is 5.48. The molecule has 25 heavy (non-hydrogen) atoms. The second-order valence-electron chi connectivity index (χ2n) is 7.89. The maximum absolute atomic E-state index is 9.52. The molecule has 1 aliphatic carbocycles. The van der Waals surface area contributed by atoms with Crippen LogP contribution in [0.4, 0.5) is 0 Å². The molecule has 1 aliphatic rings. The molecule has 0 bridgehead atoms. The van der Waals surface area contributed by atoms with Crippen LogP contribution in [0.1, 0.15) is 58.4 Å². The summed E-state index contributed by atoms with van der Waals surface area (Å²) in [5.41, 5.74) is 2.81. The van der Waals surface area contributed by atoms with E-state index in [-0.39, 0.29) is 0 Å². The van der Waals surface area contributed by atoms with Gasteiger partial charge in [-0.15, -0.1) is 0 Å². The van der Waals surface area contributed by atoms with E-state index in [4.69, 9.17) is 4.74 Å². The fraction of sp³-hybridized carbons (Fsp3) is 0.636. The standard InChI is InChI=1S/C22H35NO2/c1-17(2)5-6-18(3)23(15-19-7-11-21(24)12-8-19)16-20-9-13-22(25-4)14-10-20/h7-9,11-12,17-18,22,24H,5-6,10,13-16H2,1-4H3. The molecule has 0 radical (unpaired) electrons. The zero-order chi connectivity index (χ0) is 18.2. The second-order valence-corrected chi connectivity index (χ2v) is 7.89. The van der Waals surface area contributed by atoms with E-state index in [1.165, 1.54) is 18.4 Å². The number of phenols is 1. The number of phenolic OH excluding ortho intramolecular Hbond substituents is 1. The SMILES string of the molecule is COC1CC=C(CN(Cc2ccc(O)cc2)C(C)CCC(C)C)CC1. The Kier molecular flexibility index (Phi) is 7.98. The monoisotopic (exact) mass is 345 g/mol. The molecule has 1 aromatic rings. The number of hydrogen-bond acceptors (Lipinski definition) is 3. The lowest BCUT2D eigenvalue weighted by Crippen LogP contribution is -2.35. The summed E-state index contributed by atoms with van der Waals surface area (Å²) in [6.07, 6.45) is 8.59. The van der Waals surface area contributed by atoms with Crippen LogP contribution in [0.25, 0.3) is 0 Å². The molecule has 140 valence electrons. The van der Waals surface area contributed by atoms with Gasteiger partial charge in [-0.05, 0) is 62.6 Å². The minimum atomic E-state index is 0.337. The lowest BCUT2D eigenvalue weighted by Gasteiger charge is -2.32. The van der Waals surface area contributed by atoms with Gasteiger partial charge in [-0.2, -0.15) is 0 Å². The van der Waals surface area contributed by atoms with Crippen molar-refractivity contribution in [1.29, 1.82) is 0 Å². The summed E-state index contributed by atoms with van der Waals surface area (Å²) >= 11 is 0. The van der Waals surface area contributed by atoms with Gasteiger partial charge in [0.25, 0.3) is 0 Å². The Morgan fingerprint density at radius 2 is 1.84 bits per heavy atom. The van der Waals surface area contributed by atoms with Gasteiger partial charge in [-0.3, -0.25) is 4.90 Å². The van der Waals surface area contributed by atoms with E-state index in [0.29, 0.717) is 17.9 Å². The molecule has 0 heterocycles. The van der Waals surface area contributed by atoms with Crippen molar-refractivity contribution in [3.05, 3.63) is 41.5 Å². The van der Waals surface area contributed by atoms with E-state index in [9.17, 15) is 5.11 Å². The molecule has 3 nitrogen and oxygen atoms in total. The van der Waals surface area contributed by atoms with Crippen LogP contribution in [0.15, 0.2) is 35.9 Å². The van der Waals surface area contributed by atoms with Crippen LogP contribution in [0.3, 0.4) is 0 Å². The summed E-state index contributed by atoms with van der Waals surface area (Å²) in [6, 6.07) is 8.20. The molecular weight excluding hydrogens is 310 g/mol. The van der Waals surface area contributed by atoms with Gasteiger partial charge in [0, 0.05) is 26.2 Å². The van der Waals surface area contributed by atoms with Gasteiger partial charge in [-0.25, -0.2) is 0 Å². The van der Waals surface area contributed by atoms with Crippen LogP contribution in [-0.4, -0.2) is 35.8 Å². The number of methoxy groups -OCH3 is 1. The van der Waals surface area contributed by atoms with Crippen LogP contribution in [0, 0.1) is 5.92 Å². The van der Waals surface area contributed by atoms with Crippen molar-refractivity contribution in [3.8, 4) is 5.75 Å². The van der Waals surface area contributed by atoms with Crippen LogP contribution in [0.5, 0.6) is 5.75 Å². The molecule has 0 aliphatic heterocycles. The Morgan fingerprint density at radius 1 is 1.12 bits per heavy atom. The van der Waals surface area contributed by atoms with E-state index < -0.39 is 0 Å². The van der Waals surface area contributed by atoms with Crippen molar-refractivity contribution in [2.45, 2.75) is 71.6 Å². The number of nitrogens with zero attached hydrogens (tertiary/aromatic N) is 1. The van der Waals surface area contributed by atoms with Gasteiger partial charge in [0.1, 0.15) is 5.75 Å². The number of rotatable bonds is 9. The first-order valence-corrected chi connectivity index (χ1v) is 9.70. The fourth-order valence-corrected chi connectivity index (χ4v) is 3.44. The highest BCUT2D eigenvalue weighted by Crippen LogP contribution is 2.24. The van der Waals surface area contributed by atoms with Crippen molar-refractivity contribution < 1.29 is 9.84 Å². The Bertz CT molecular complexity index is 535. The highest BCUT2D eigenvalue weighted by atomic mass is 16.5. The maximum Gasteiger partial charge on any atom is 0.115 e. The summed E-state index contributed by atoms with van der Waals surface area (Å²) in [7, 11) is 1.81. The van der Waals surface area contributed by atoms with E-state index in [1.54, 1.807) is 17.7 Å². The van der Waals surface area contributed by atoms with Gasteiger partial charge in [-0.1, -0.05) is 37.6 Å². The molecule has 1 aromatic carbocycles. The van der Waals surface area contributed by atoms with Gasteiger partial charge in [0.05, 0.1) is 6.10 Å². The molecule has 0 fully saturated rings. The lowest BCUT2D eigenvalue weighted by molar-refractivity contribution is 0.0921. The summed E-state index contributed by atoms with van der Waals surface area (Å²) in [4.78, 5) is 2.59. The van der Waals surface area contributed by atoms with Crippen LogP contribution >= 0.6 is 0 Å². The highest BCUT2D eigenvalue weighted by molar-refractivity contribution is 5.26. The minimum absolute atomic E-state index is 0.337. The lowest BCUT2D eigenvalue weighted by atomic mass is 9.95. The van der Waals surface area contributed by atoms with Crippen molar-refractivity contribution in [2.24, 2.45) is 5.92 Å². The van der Waals surface area contributed by atoms with E-state index in [0.717, 1.165) is 38.3 Å². The Morgan fingerprint density at radius 3 is 2.40 bits per heavy atom. The van der Waals surface area contributed by atoms with Crippen LogP contribution in [0.2, 0.25) is 0 Å². The molecular formula is C22H35NO2. The quantitative estimate of drug-likeness (QED) is 0.629. The van der Waals surface area contributed by atoms with E-state index >= 15 is 0 Å². The largest absolute Gasteiger partial charge is 0.508 e. The van der Waals surface area contributed by atoms with Crippen molar-refractivity contribution in [2.75, 3.05) is 13.7 Å². The van der Waals surface area contributed by atoms with E-state index in [2.05, 4.69) is 31.7 Å². The molecule has 2 atom stereocenters. The summed E-state index contributed by atoms with van der Waals surface area (Å²) in [6.45, 7) is 8.92. The van der Waals surface area contributed by atoms with E-state index in [1.807, 2.05) is 19.2 Å². The molecule has 0 aromatic heterocycles. The van der Waals surface area contributed by atoms with Crippen molar-refractivity contribution in [1.82, 2.24) is 4.90 Å². The third-order valence-corrected chi connectivity index (χ3v) is 5.30. The van der Waals surface area contributed by atoms with Crippen LogP contribution in [-0.2, 0) is 11.3 Å². The smallest absolute Gasteiger partial charge is 0.115 e. The molecule has 1 N–H and O–H groups in total. The first-order chi connectivity index (χ1) is 12.0. The molecule has 2 unspecified atom stereocenters. The Labute approximate surface area is 153 Å². The average molecular weight is 346 g/mol. The molecule has 3 heteroatoms. The normalized spacial score (nSPS) is 19.3. The molecule has 0 saturated carbocycles. The molecule has 0 saturated heterocycles. The number of ether oxygens (including phenoxy) is 1. The van der Waals surface area contributed by atoms with Gasteiger partial charge in [0.15, 0.2) is 0 Å². The van der Waals surface area contributed by atoms with Crippen molar-refractivity contribution >= 4 is 0 Å². The van der Waals surface area contributed by atoms with Gasteiger partial charge < -0.3 is 9.84 Å². The Hall–Kier alpha value is -1.32. The third kappa shape index (κ3) is 6.83. The summed E-state index contributed by atoms with van der Waals surface area (Å²) in [5, 5.41) is 9.52. The molecule has 2 rings (SSSR count). The Balaban J connectivity index is 2.03. The third-order valence-electron chi connectivity index (χ3n) is 5.30. The first kappa shape index (κ1) is 20.0. The second kappa shape index (κ2) is 9.98. The highest BCUT2D eigenvalue weighted by Gasteiger charge is 2.19. The van der Waals surface area contributed by atoms with Crippen molar-refractivity contribution in [3.63, 3.8) is 0 Å². The topological polar surface area (TPSA) is 32.7 Å². The number of aromatic hydroxyl groups is 1. The summed E-state index contributed by atoms with van der Waals surface area (Å²) in [5.74, 6) is 1.08. The molecule has 0 amide bonds. The molecule has 0 spiro atoms. The van der Waals surface area contributed by atoms with Gasteiger partial charge >= 0.3 is 0 Å². The zero-order valence-corrected chi connectivity index (χ0v) is 16.4. The van der Waals surface area contributed by atoms with Gasteiger partial charge in [0.2, 0.25) is 0 Å². The first-order valence-electron chi connectivity index (χ1n) is 9.70. The fourth-order valence-electron chi connectivity index (χ4n) is 3.44. The average Bonchev–Trinajstić information content (AvgIpc) is 2.61. The predicted octanol–water partition coefficient (Wildman–Crippen LogP) is 5.14. The maximum atomic E-state index is 9.52. The minimum Gasteiger partial charge on any atom is -0.508 e. The predicted molar refractivity (Wildman–Crippen MR) is 105 cm³/mol.